The van der Waals surface area contributed by atoms with Gasteiger partial charge < -0.3 is 20.2 Å². The number of imide groups is 1. The Kier molecular flexibility index (Phi) is 8.10. The number of nitrogens with zero attached hydrogens (tertiary/aromatic N) is 4. The summed E-state index contributed by atoms with van der Waals surface area (Å²) < 4.78 is 21.3. The van der Waals surface area contributed by atoms with Gasteiger partial charge in [0.15, 0.2) is 23.0 Å². The summed E-state index contributed by atoms with van der Waals surface area (Å²) in [6.07, 6.45) is 4.77. The molecule has 0 spiro atoms. The first-order valence-electron chi connectivity index (χ1n) is 12.5. The predicted molar refractivity (Wildman–Crippen MR) is 147 cm³/mol. The second-order valence-corrected chi connectivity index (χ2v) is 9.43. The van der Waals surface area contributed by atoms with Crippen LogP contribution in [0, 0.1) is 12.7 Å². The summed E-state index contributed by atoms with van der Waals surface area (Å²) >= 11 is 6.28. The summed E-state index contributed by atoms with van der Waals surface area (Å²) in [6, 6.07) is 7.95. The molecule has 41 heavy (non-hydrogen) atoms. The molecule has 3 heterocycles. The average Bonchev–Trinajstić information content (AvgIpc) is 3.40. The summed E-state index contributed by atoms with van der Waals surface area (Å²) in [5, 5.41) is 9.60. The quantitative estimate of drug-likeness (QED) is 0.291. The van der Waals surface area contributed by atoms with E-state index in [9.17, 15) is 18.8 Å². The summed E-state index contributed by atoms with van der Waals surface area (Å²) in [4.78, 5) is 50.8. The zero-order valence-corrected chi connectivity index (χ0v) is 22.8. The molecule has 5 rings (SSSR count). The molecule has 2 amide bonds. The maximum Gasteiger partial charge on any atom is 0.416 e. The molecule has 0 bridgehead atoms. The number of methoxy groups -OCH3 is 1. The molecule has 0 saturated carbocycles. The van der Waals surface area contributed by atoms with Gasteiger partial charge in [0.1, 0.15) is 0 Å². The maximum atomic E-state index is 14.6. The van der Waals surface area contributed by atoms with E-state index < -0.39 is 23.6 Å². The summed E-state index contributed by atoms with van der Waals surface area (Å²) in [6.45, 7) is 3.81. The summed E-state index contributed by atoms with van der Waals surface area (Å²) in [7, 11) is 1.36. The number of fused-ring (bicyclic) bond motifs is 1. The topological polar surface area (TPSA) is 139 Å². The Morgan fingerprint density at radius 1 is 1.12 bits per heavy atom. The minimum atomic E-state index is -1.16. The van der Waals surface area contributed by atoms with Crippen molar-refractivity contribution in [1.82, 2.24) is 30.1 Å². The monoisotopic (exact) mass is 581 g/mol. The number of hydrogen-bond donors (Lipinski definition) is 3. The smallest absolute Gasteiger partial charge is 0.416 e. The Labute approximate surface area is 238 Å². The number of ether oxygens (including phenoxy) is 1. The molecule has 0 atom stereocenters. The highest BCUT2D eigenvalue weighted by atomic mass is 35.5. The van der Waals surface area contributed by atoms with Gasteiger partial charge in [-0.2, -0.15) is 0 Å². The first-order valence-corrected chi connectivity index (χ1v) is 12.9. The number of aryl methyl sites for hydroxylation is 1. The van der Waals surface area contributed by atoms with Crippen LogP contribution >= 0.6 is 11.6 Å². The summed E-state index contributed by atoms with van der Waals surface area (Å²) in [5.74, 6) is -3.30. The van der Waals surface area contributed by atoms with Gasteiger partial charge in [0.05, 0.1) is 24.0 Å². The van der Waals surface area contributed by atoms with Crippen molar-refractivity contribution in [2.45, 2.75) is 6.92 Å². The van der Waals surface area contributed by atoms with E-state index >= 15 is 0 Å². The van der Waals surface area contributed by atoms with Crippen LogP contribution in [0.5, 0.6) is 5.75 Å². The normalized spacial score (nSPS) is 13.6. The summed E-state index contributed by atoms with van der Waals surface area (Å²) in [5.41, 5.74) is 2.73. The average molecular weight is 582 g/mol. The van der Waals surface area contributed by atoms with Crippen molar-refractivity contribution in [3.05, 3.63) is 70.9 Å². The second kappa shape index (κ2) is 11.9. The van der Waals surface area contributed by atoms with Crippen molar-refractivity contribution in [2.75, 3.05) is 38.6 Å². The minimum Gasteiger partial charge on any atom is -0.494 e. The molecule has 0 unspecified atom stereocenters. The molecule has 14 heteroatoms. The number of amides is 2. The van der Waals surface area contributed by atoms with Crippen molar-refractivity contribution < 1.29 is 28.3 Å². The number of carbonyl (C=O) groups excluding carboxylic acids is 3. The lowest BCUT2D eigenvalue weighted by atomic mass is 10.1. The number of hydrogen-bond acceptors (Lipinski definition) is 10. The van der Waals surface area contributed by atoms with Crippen LogP contribution in [0.25, 0.3) is 16.9 Å². The fraction of sp³-hybridized carbons (Fsp3) is 0.222. The number of nitrogens with one attached hydrogen (secondary N) is 3. The number of halogens is 2. The van der Waals surface area contributed by atoms with Crippen LogP contribution in [0.15, 0.2) is 48.9 Å². The van der Waals surface area contributed by atoms with Gasteiger partial charge in [0.2, 0.25) is 0 Å². The van der Waals surface area contributed by atoms with E-state index in [2.05, 4.69) is 25.9 Å². The lowest BCUT2D eigenvalue weighted by Gasteiger charge is -2.25. The van der Waals surface area contributed by atoms with Crippen molar-refractivity contribution in [2.24, 2.45) is 0 Å². The minimum absolute atomic E-state index is 0.0311. The van der Waals surface area contributed by atoms with E-state index in [0.29, 0.717) is 60.2 Å². The van der Waals surface area contributed by atoms with Gasteiger partial charge in [-0.3, -0.25) is 19.3 Å². The first-order chi connectivity index (χ1) is 19.8. The van der Waals surface area contributed by atoms with E-state index in [1.54, 1.807) is 48.1 Å². The highest BCUT2D eigenvalue weighted by Crippen LogP contribution is 2.35. The fourth-order valence-electron chi connectivity index (χ4n) is 4.34. The number of rotatable bonds is 6. The van der Waals surface area contributed by atoms with Crippen LogP contribution in [-0.4, -0.2) is 70.5 Å². The van der Waals surface area contributed by atoms with Crippen molar-refractivity contribution in [1.29, 1.82) is 0 Å². The van der Waals surface area contributed by atoms with Crippen LogP contribution in [0.2, 0.25) is 5.02 Å². The number of imidazole rings is 1. The molecule has 2 aromatic heterocycles. The van der Waals surface area contributed by atoms with Gasteiger partial charge in [-0.1, -0.05) is 11.6 Å². The zero-order valence-electron chi connectivity index (χ0n) is 22.0. The maximum absolute atomic E-state index is 14.6. The molecule has 212 valence electrons. The Hall–Kier alpha value is -4.59. The van der Waals surface area contributed by atoms with Crippen LogP contribution < -0.4 is 20.7 Å². The van der Waals surface area contributed by atoms with Crippen LogP contribution in [-0.2, 0) is 14.4 Å². The number of piperazine rings is 1. The predicted octanol–water partition coefficient (Wildman–Crippen LogP) is 2.87. The SMILES string of the molecule is COc1ccc(-c2cnc3c(Nc4ccc(C(=O)NC(=O)C(=O)ON5CCNCC5)c(C)c4)nccn23)c(Cl)c1F. The molecule has 1 saturated heterocycles. The standard InChI is InChI=1S/C27H25ClFN7O5/c1-15-13-16(3-4-17(15)25(37)34-26(38)27(39)41-35-10-7-30-8-11-35)33-23-24-32-14-19(36(24)12-9-31-23)18-5-6-20(40-2)22(29)21(18)28/h3-6,9,12-14,30H,7-8,10-11H2,1-2H3,(H,31,33)(H,34,37,38). The molecule has 2 aromatic carbocycles. The third-order valence-electron chi connectivity index (χ3n) is 6.40. The van der Waals surface area contributed by atoms with Gasteiger partial charge in [-0.05, 0) is 42.8 Å². The van der Waals surface area contributed by atoms with Crippen molar-refractivity contribution in [3.8, 4) is 17.0 Å². The molecule has 0 radical (unpaired) electrons. The number of carbonyl (C=O) groups is 3. The molecule has 0 aliphatic carbocycles. The number of benzene rings is 2. The molecule has 1 aliphatic rings. The van der Waals surface area contributed by atoms with Crippen LogP contribution in [0.4, 0.5) is 15.9 Å². The molecular formula is C27H25ClFN7O5. The molecule has 3 N–H and O–H groups in total. The Morgan fingerprint density at radius 2 is 1.90 bits per heavy atom. The van der Waals surface area contributed by atoms with Crippen LogP contribution in [0.1, 0.15) is 15.9 Å². The molecule has 12 nitrogen and oxygen atoms in total. The van der Waals surface area contributed by atoms with E-state index in [1.165, 1.54) is 24.3 Å². The van der Waals surface area contributed by atoms with E-state index in [-0.39, 0.29) is 16.3 Å². The largest absolute Gasteiger partial charge is 0.494 e. The zero-order chi connectivity index (χ0) is 29.1. The van der Waals surface area contributed by atoms with Gasteiger partial charge >= 0.3 is 11.9 Å². The van der Waals surface area contributed by atoms with Crippen LogP contribution in [0.3, 0.4) is 0 Å². The van der Waals surface area contributed by atoms with Crippen molar-refractivity contribution >= 4 is 46.5 Å². The number of anilines is 2. The lowest BCUT2D eigenvalue weighted by molar-refractivity contribution is -0.194. The second-order valence-electron chi connectivity index (χ2n) is 9.05. The molecule has 1 aliphatic heterocycles. The Bertz CT molecular complexity index is 1650. The third-order valence-corrected chi connectivity index (χ3v) is 6.77. The molecule has 1 fully saturated rings. The highest BCUT2D eigenvalue weighted by molar-refractivity contribution is 6.36. The van der Waals surface area contributed by atoms with Gasteiger partial charge in [-0.25, -0.2) is 19.2 Å². The van der Waals surface area contributed by atoms with E-state index in [4.69, 9.17) is 21.2 Å². The first kappa shape index (κ1) is 28.0. The van der Waals surface area contributed by atoms with Gasteiger partial charge in [0.25, 0.3) is 5.91 Å². The van der Waals surface area contributed by atoms with E-state index in [0.717, 1.165) is 0 Å². The van der Waals surface area contributed by atoms with Gasteiger partial charge in [-0.15, -0.1) is 5.06 Å². The Balaban J connectivity index is 1.31. The fourth-order valence-corrected chi connectivity index (χ4v) is 4.60. The Morgan fingerprint density at radius 3 is 2.63 bits per heavy atom. The third kappa shape index (κ3) is 5.82. The van der Waals surface area contributed by atoms with Gasteiger partial charge in [0, 0.05) is 55.4 Å². The van der Waals surface area contributed by atoms with Crippen molar-refractivity contribution in [3.63, 3.8) is 0 Å². The molecular weight excluding hydrogens is 557 g/mol. The number of hydroxylamine groups is 2. The molecule has 4 aromatic rings. The highest BCUT2D eigenvalue weighted by Gasteiger charge is 2.24. The van der Waals surface area contributed by atoms with E-state index in [1.807, 2.05) is 0 Å². The number of aromatic nitrogens is 3. The lowest BCUT2D eigenvalue weighted by Crippen LogP contribution is -2.47.